The first-order valence-electron chi connectivity index (χ1n) is 6.84. The highest BCUT2D eigenvalue weighted by Gasteiger charge is 2.24. The van der Waals surface area contributed by atoms with Gasteiger partial charge in [0.05, 0.1) is 12.3 Å². The lowest BCUT2D eigenvalue weighted by atomic mass is 10.2. The molecule has 0 aliphatic carbocycles. The van der Waals surface area contributed by atoms with Gasteiger partial charge in [-0.2, -0.15) is 5.10 Å². The number of benzene rings is 1. The van der Waals surface area contributed by atoms with Crippen molar-refractivity contribution in [2.45, 2.75) is 25.8 Å². The maximum atomic E-state index is 12.1. The number of hydrogen-bond acceptors (Lipinski definition) is 5. The fourth-order valence-corrected chi connectivity index (χ4v) is 2.77. The number of aromatic nitrogens is 2. The van der Waals surface area contributed by atoms with Crippen molar-refractivity contribution >= 4 is 23.5 Å². The largest absolute Gasteiger partial charge is 0.462 e. The van der Waals surface area contributed by atoms with Gasteiger partial charge < -0.3 is 10.5 Å². The Hall–Kier alpha value is -1.95. The smallest absolute Gasteiger partial charge is 0.344 e. The fourth-order valence-electron chi connectivity index (χ4n) is 2.03. The molecule has 0 atom stereocenters. The number of nitrogens with zero attached hydrogens (tertiary/aromatic N) is 2. The molecule has 1 heterocycles. The van der Waals surface area contributed by atoms with Gasteiger partial charge in [-0.05, 0) is 31.2 Å². The number of thioether (sulfide) groups is 1. The molecule has 6 heteroatoms. The van der Waals surface area contributed by atoms with Gasteiger partial charge in [-0.3, -0.25) is 0 Å². The molecule has 1 aromatic carbocycles. The molecule has 2 rings (SSSR count). The van der Waals surface area contributed by atoms with Gasteiger partial charge in [0.1, 0.15) is 16.4 Å². The Morgan fingerprint density at radius 2 is 2.10 bits per heavy atom. The molecule has 2 N–H and O–H groups in total. The van der Waals surface area contributed by atoms with Gasteiger partial charge in [-0.25, -0.2) is 9.48 Å². The molecular formula is C15H19N3O2S. The van der Waals surface area contributed by atoms with E-state index < -0.39 is 5.97 Å². The number of anilines is 1. The average molecular weight is 305 g/mol. The molecule has 0 amide bonds. The zero-order chi connectivity index (χ0) is 15.4. The highest BCUT2D eigenvalue weighted by Crippen LogP contribution is 2.30. The summed E-state index contributed by atoms with van der Waals surface area (Å²) in [7, 11) is 0. The van der Waals surface area contributed by atoms with E-state index in [9.17, 15) is 4.79 Å². The van der Waals surface area contributed by atoms with Gasteiger partial charge in [0, 0.05) is 0 Å². The standard InChI is InChI=1S/C15H19N3O2S/c1-4-20-15(19)12-13(16)18(17-14(12)21-5-2)11-9-7-6-8-10(11)3/h6-9H,4-5,16H2,1-3H3. The van der Waals surface area contributed by atoms with Crippen LogP contribution in [0.3, 0.4) is 0 Å². The number of nitrogens with two attached hydrogens (primary N) is 1. The topological polar surface area (TPSA) is 70.1 Å². The van der Waals surface area contributed by atoms with E-state index in [-0.39, 0.29) is 0 Å². The van der Waals surface area contributed by atoms with Crippen LogP contribution in [0.1, 0.15) is 29.8 Å². The third-order valence-electron chi connectivity index (χ3n) is 2.99. The second-order valence-electron chi connectivity index (χ2n) is 4.42. The summed E-state index contributed by atoms with van der Waals surface area (Å²) in [6.07, 6.45) is 0. The molecule has 0 radical (unpaired) electrons. The Labute approximate surface area is 128 Å². The zero-order valence-electron chi connectivity index (χ0n) is 12.4. The zero-order valence-corrected chi connectivity index (χ0v) is 13.2. The minimum absolute atomic E-state index is 0.310. The number of carbonyl (C=O) groups is 1. The molecule has 0 fully saturated rings. The Morgan fingerprint density at radius 1 is 1.38 bits per heavy atom. The molecule has 0 spiro atoms. The first kappa shape index (κ1) is 15.4. The quantitative estimate of drug-likeness (QED) is 0.679. The molecule has 2 aromatic rings. The van der Waals surface area contributed by atoms with Gasteiger partial charge in [0.15, 0.2) is 0 Å². The third kappa shape index (κ3) is 3.05. The predicted molar refractivity (Wildman–Crippen MR) is 85.1 cm³/mol. The minimum atomic E-state index is -0.425. The van der Waals surface area contributed by atoms with Gasteiger partial charge in [0.25, 0.3) is 0 Å². The number of hydrogen-bond donors (Lipinski definition) is 1. The van der Waals surface area contributed by atoms with Crippen LogP contribution in [0.25, 0.3) is 5.69 Å². The first-order valence-corrected chi connectivity index (χ1v) is 7.83. The molecule has 21 heavy (non-hydrogen) atoms. The predicted octanol–water partition coefficient (Wildman–Crippen LogP) is 3.05. The van der Waals surface area contributed by atoms with Gasteiger partial charge in [0.2, 0.25) is 0 Å². The molecule has 5 nitrogen and oxygen atoms in total. The highest BCUT2D eigenvalue weighted by molar-refractivity contribution is 7.99. The average Bonchev–Trinajstić information content (AvgIpc) is 2.77. The van der Waals surface area contributed by atoms with Gasteiger partial charge >= 0.3 is 5.97 Å². The van der Waals surface area contributed by atoms with Crippen LogP contribution in [0.5, 0.6) is 0 Å². The number of para-hydroxylation sites is 1. The lowest BCUT2D eigenvalue weighted by Crippen LogP contribution is -2.09. The molecule has 1 aromatic heterocycles. The molecule has 112 valence electrons. The molecule has 0 aliphatic heterocycles. The summed E-state index contributed by atoms with van der Waals surface area (Å²) in [4.78, 5) is 12.1. The van der Waals surface area contributed by atoms with Crippen LogP contribution in [-0.4, -0.2) is 28.1 Å². The number of esters is 1. The fraction of sp³-hybridized carbons (Fsp3) is 0.333. The minimum Gasteiger partial charge on any atom is -0.462 e. The van der Waals surface area contributed by atoms with Crippen molar-refractivity contribution in [3.63, 3.8) is 0 Å². The van der Waals surface area contributed by atoms with Crippen LogP contribution in [0, 0.1) is 6.92 Å². The Kier molecular flexibility index (Phi) is 4.90. The van der Waals surface area contributed by atoms with E-state index >= 15 is 0 Å². The van der Waals surface area contributed by atoms with Crippen LogP contribution in [0.15, 0.2) is 29.3 Å². The summed E-state index contributed by atoms with van der Waals surface area (Å²) in [5, 5.41) is 5.10. The number of aryl methyl sites for hydroxylation is 1. The molecule has 0 saturated heterocycles. The lowest BCUT2D eigenvalue weighted by molar-refractivity contribution is 0.0523. The first-order chi connectivity index (χ1) is 10.1. The van der Waals surface area contributed by atoms with Crippen LogP contribution in [-0.2, 0) is 4.74 Å². The number of carbonyl (C=O) groups excluding carboxylic acids is 1. The summed E-state index contributed by atoms with van der Waals surface area (Å²) >= 11 is 1.48. The number of rotatable bonds is 5. The van der Waals surface area contributed by atoms with Crippen molar-refractivity contribution < 1.29 is 9.53 Å². The molecule has 0 saturated carbocycles. The van der Waals surface area contributed by atoms with Crippen LogP contribution in [0.2, 0.25) is 0 Å². The van der Waals surface area contributed by atoms with E-state index in [1.807, 2.05) is 38.1 Å². The summed E-state index contributed by atoms with van der Waals surface area (Å²) in [5.41, 5.74) is 8.41. The number of ether oxygens (including phenoxy) is 1. The van der Waals surface area contributed by atoms with Crippen molar-refractivity contribution in [3.8, 4) is 5.69 Å². The van der Waals surface area contributed by atoms with Crippen molar-refractivity contribution in [2.75, 3.05) is 18.1 Å². The summed E-state index contributed by atoms with van der Waals surface area (Å²) in [6.45, 7) is 6.06. The van der Waals surface area contributed by atoms with E-state index in [0.29, 0.717) is 23.0 Å². The Morgan fingerprint density at radius 3 is 2.71 bits per heavy atom. The van der Waals surface area contributed by atoms with Crippen molar-refractivity contribution in [1.29, 1.82) is 0 Å². The maximum absolute atomic E-state index is 12.1. The molecule has 0 aliphatic rings. The number of nitrogen functional groups attached to an aromatic ring is 1. The summed E-state index contributed by atoms with van der Waals surface area (Å²) in [5.74, 6) is 0.695. The highest BCUT2D eigenvalue weighted by atomic mass is 32.2. The maximum Gasteiger partial charge on any atom is 0.344 e. The second-order valence-corrected chi connectivity index (χ2v) is 5.67. The monoisotopic (exact) mass is 305 g/mol. The second kappa shape index (κ2) is 6.67. The third-order valence-corrected chi connectivity index (χ3v) is 3.84. The van der Waals surface area contributed by atoms with Crippen LogP contribution < -0.4 is 5.73 Å². The van der Waals surface area contributed by atoms with Crippen molar-refractivity contribution in [1.82, 2.24) is 9.78 Å². The summed E-state index contributed by atoms with van der Waals surface area (Å²) in [6, 6.07) is 7.77. The van der Waals surface area contributed by atoms with Crippen LogP contribution >= 0.6 is 11.8 Å². The Bertz CT molecular complexity index is 652. The molecular weight excluding hydrogens is 286 g/mol. The van der Waals surface area contributed by atoms with E-state index in [1.54, 1.807) is 11.6 Å². The van der Waals surface area contributed by atoms with E-state index in [4.69, 9.17) is 10.5 Å². The van der Waals surface area contributed by atoms with Crippen molar-refractivity contribution in [2.24, 2.45) is 0 Å². The Balaban J connectivity index is 2.56. The lowest BCUT2D eigenvalue weighted by Gasteiger charge is -2.07. The van der Waals surface area contributed by atoms with Crippen molar-refractivity contribution in [3.05, 3.63) is 35.4 Å². The van der Waals surface area contributed by atoms with E-state index in [1.165, 1.54) is 11.8 Å². The SMILES string of the molecule is CCOC(=O)c1c(SCC)nn(-c2ccccc2C)c1N. The van der Waals surface area contributed by atoms with Gasteiger partial charge in [-0.1, -0.05) is 25.1 Å². The normalized spacial score (nSPS) is 10.6. The molecule has 0 unspecified atom stereocenters. The van der Waals surface area contributed by atoms with Crippen LogP contribution in [0.4, 0.5) is 5.82 Å². The molecule has 0 bridgehead atoms. The van der Waals surface area contributed by atoms with E-state index in [2.05, 4.69) is 5.10 Å². The van der Waals surface area contributed by atoms with Gasteiger partial charge in [-0.15, -0.1) is 11.8 Å². The van der Waals surface area contributed by atoms with E-state index in [0.717, 1.165) is 17.0 Å². The summed E-state index contributed by atoms with van der Waals surface area (Å²) < 4.78 is 6.70.